The molecule has 3 rings (SSSR count). The van der Waals surface area contributed by atoms with E-state index in [-0.39, 0.29) is 0 Å². The standard InChI is InChI=1S/C28H30N4O8/c1-35-21-11-17(12-22(36-2)25(21)39-5)15-29-31-27(33)19-7-9-20(10-8-19)28(34)32-30-16-18-13-23(37-3)26(40-6)24(14-18)38-4/h7-16H,1-6H3,(H,31,33)(H,32,34). The van der Waals surface area contributed by atoms with E-state index in [1.807, 2.05) is 0 Å². The van der Waals surface area contributed by atoms with Crippen molar-refractivity contribution in [2.24, 2.45) is 10.2 Å². The van der Waals surface area contributed by atoms with Crippen LogP contribution in [0.4, 0.5) is 0 Å². The second-order valence-corrected chi connectivity index (χ2v) is 7.89. The van der Waals surface area contributed by atoms with E-state index in [2.05, 4.69) is 21.1 Å². The predicted octanol–water partition coefficient (Wildman–Crippen LogP) is 3.27. The second-order valence-electron chi connectivity index (χ2n) is 7.89. The van der Waals surface area contributed by atoms with Crippen LogP contribution in [-0.4, -0.2) is 66.9 Å². The Kier molecular flexibility index (Phi) is 10.3. The number of ether oxygens (including phenoxy) is 6. The Labute approximate surface area is 231 Å². The third kappa shape index (κ3) is 6.98. The maximum absolute atomic E-state index is 12.5. The number of hydrazone groups is 2. The number of nitrogens with zero attached hydrogens (tertiary/aromatic N) is 2. The van der Waals surface area contributed by atoms with Crippen LogP contribution in [0, 0.1) is 0 Å². The van der Waals surface area contributed by atoms with E-state index in [1.165, 1.54) is 79.4 Å². The molecule has 2 N–H and O–H groups in total. The van der Waals surface area contributed by atoms with Crippen molar-refractivity contribution in [2.45, 2.75) is 0 Å². The Balaban J connectivity index is 1.61. The van der Waals surface area contributed by atoms with Gasteiger partial charge in [0.1, 0.15) is 0 Å². The highest BCUT2D eigenvalue weighted by Gasteiger charge is 2.14. The maximum atomic E-state index is 12.5. The molecule has 0 aliphatic heterocycles. The van der Waals surface area contributed by atoms with E-state index in [9.17, 15) is 9.59 Å². The van der Waals surface area contributed by atoms with Crippen LogP contribution in [0.1, 0.15) is 31.8 Å². The zero-order valence-electron chi connectivity index (χ0n) is 22.9. The molecule has 0 saturated heterocycles. The summed E-state index contributed by atoms with van der Waals surface area (Å²) in [5, 5.41) is 7.97. The normalized spacial score (nSPS) is 10.8. The fraction of sp³-hybridized carbons (Fsp3) is 0.214. The van der Waals surface area contributed by atoms with Crippen molar-refractivity contribution >= 4 is 24.2 Å². The molecule has 0 atom stereocenters. The van der Waals surface area contributed by atoms with Crippen LogP contribution >= 0.6 is 0 Å². The minimum absolute atomic E-state index is 0.305. The number of benzene rings is 3. The lowest BCUT2D eigenvalue weighted by atomic mass is 10.1. The van der Waals surface area contributed by atoms with Crippen LogP contribution in [0.5, 0.6) is 34.5 Å². The zero-order valence-corrected chi connectivity index (χ0v) is 22.9. The first kappa shape index (κ1) is 29.3. The molecule has 0 saturated carbocycles. The summed E-state index contributed by atoms with van der Waals surface area (Å²) < 4.78 is 31.8. The average molecular weight is 551 g/mol. The van der Waals surface area contributed by atoms with Gasteiger partial charge in [0.15, 0.2) is 23.0 Å². The Morgan fingerprint density at radius 2 is 0.850 bits per heavy atom. The Hall–Kier alpha value is -5.26. The number of methoxy groups -OCH3 is 6. The van der Waals surface area contributed by atoms with Gasteiger partial charge in [-0.15, -0.1) is 0 Å². The molecule has 0 bridgehead atoms. The fourth-order valence-electron chi connectivity index (χ4n) is 3.58. The number of amides is 2. The predicted molar refractivity (Wildman–Crippen MR) is 149 cm³/mol. The molecule has 210 valence electrons. The Morgan fingerprint density at radius 3 is 1.10 bits per heavy atom. The molecule has 40 heavy (non-hydrogen) atoms. The van der Waals surface area contributed by atoms with Crippen LogP contribution in [0.3, 0.4) is 0 Å². The highest BCUT2D eigenvalue weighted by Crippen LogP contribution is 2.38. The monoisotopic (exact) mass is 550 g/mol. The quantitative estimate of drug-likeness (QED) is 0.259. The molecule has 0 unspecified atom stereocenters. The number of carbonyl (C=O) groups is 2. The summed E-state index contributed by atoms with van der Waals surface area (Å²) >= 11 is 0. The SMILES string of the molecule is COc1cc(C=NNC(=O)c2ccc(C(=O)NN=Cc3cc(OC)c(OC)c(OC)c3)cc2)cc(OC)c1OC. The molecule has 3 aromatic carbocycles. The smallest absolute Gasteiger partial charge is 0.271 e. The van der Waals surface area contributed by atoms with Crippen LogP contribution in [0.25, 0.3) is 0 Å². The van der Waals surface area contributed by atoms with Gasteiger partial charge in [-0.25, -0.2) is 10.9 Å². The van der Waals surface area contributed by atoms with Crippen molar-refractivity contribution in [3.63, 3.8) is 0 Å². The molecule has 0 heterocycles. The summed E-state index contributed by atoms with van der Waals surface area (Å²) in [5.74, 6) is 1.79. The minimum atomic E-state index is -0.462. The summed E-state index contributed by atoms with van der Waals surface area (Å²) in [4.78, 5) is 25.0. The molecule has 0 aromatic heterocycles. The molecule has 3 aromatic rings. The third-order valence-corrected chi connectivity index (χ3v) is 5.54. The van der Waals surface area contributed by atoms with E-state index >= 15 is 0 Å². The van der Waals surface area contributed by atoms with Gasteiger partial charge in [-0.3, -0.25) is 9.59 Å². The van der Waals surface area contributed by atoms with Crippen LogP contribution in [0.2, 0.25) is 0 Å². The lowest BCUT2D eigenvalue weighted by Crippen LogP contribution is -2.19. The second kappa shape index (κ2) is 14.0. The van der Waals surface area contributed by atoms with Crippen molar-refractivity contribution in [1.29, 1.82) is 0 Å². The van der Waals surface area contributed by atoms with E-state index in [4.69, 9.17) is 28.4 Å². The lowest BCUT2D eigenvalue weighted by Gasteiger charge is -2.12. The minimum Gasteiger partial charge on any atom is -0.493 e. The molecule has 12 nitrogen and oxygen atoms in total. The number of rotatable bonds is 12. The number of hydrogen-bond donors (Lipinski definition) is 2. The Bertz CT molecular complexity index is 1250. The molecule has 0 spiro atoms. The number of hydrogen-bond acceptors (Lipinski definition) is 10. The van der Waals surface area contributed by atoms with Crippen molar-refractivity contribution < 1.29 is 38.0 Å². The molecular formula is C28H30N4O8. The zero-order chi connectivity index (χ0) is 29.1. The number of carbonyl (C=O) groups excluding carboxylic acids is 2. The largest absolute Gasteiger partial charge is 0.493 e. The van der Waals surface area contributed by atoms with Crippen LogP contribution in [0.15, 0.2) is 58.7 Å². The first-order chi connectivity index (χ1) is 19.4. The molecule has 0 fully saturated rings. The first-order valence-electron chi connectivity index (χ1n) is 11.8. The van der Waals surface area contributed by atoms with E-state index in [0.717, 1.165) is 0 Å². The van der Waals surface area contributed by atoms with Gasteiger partial charge in [-0.05, 0) is 48.5 Å². The maximum Gasteiger partial charge on any atom is 0.271 e. The van der Waals surface area contributed by atoms with Crippen molar-refractivity contribution in [3.05, 3.63) is 70.8 Å². The first-order valence-corrected chi connectivity index (χ1v) is 11.8. The highest BCUT2D eigenvalue weighted by atomic mass is 16.5. The van der Waals surface area contributed by atoms with Crippen molar-refractivity contribution in [3.8, 4) is 34.5 Å². The highest BCUT2D eigenvalue weighted by molar-refractivity contribution is 5.98. The van der Waals surface area contributed by atoms with Gasteiger partial charge in [0.2, 0.25) is 11.5 Å². The average Bonchev–Trinajstić information content (AvgIpc) is 2.99. The van der Waals surface area contributed by atoms with Gasteiger partial charge in [0, 0.05) is 22.3 Å². The molecule has 2 amide bonds. The van der Waals surface area contributed by atoms with Crippen LogP contribution < -0.4 is 39.3 Å². The van der Waals surface area contributed by atoms with E-state index in [1.54, 1.807) is 24.3 Å². The topological polar surface area (TPSA) is 138 Å². The van der Waals surface area contributed by atoms with Crippen LogP contribution in [-0.2, 0) is 0 Å². The van der Waals surface area contributed by atoms with Gasteiger partial charge in [0.25, 0.3) is 11.8 Å². The lowest BCUT2D eigenvalue weighted by molar-refractivity contribution is 0.0943. The summed E-state index contributed by atoms with van der Waals surface area (Å²) in [6.45, 7) is 0. The Morgan fingerprint density at radius 1 is 0.550 bits per heavy atom. The van der Waals surface area contributed by atoms with Gasteiger partial charge < -0.3 is 28.4 Å². The van der Waals surface area contributed by atoms with Gasteiger partial charge in [-0.1, -0.05) is 0 Å². The summed E-state index contributed by atoms with van der Waals surface area (Å²) in [7, 11) is 9.04. The fourth-order valence-corrected chi connectivity index (χ4v) is 3.58. The molecule has 0 aliphatic rings. The van der Waals surface area contributed by atoms with E-state index < -0.39 is 11.8 Å². The van der Waals surface area contributed by atoms with Crippen molar-refractivity contribution in [2.75, 3.05) is 42.7 Å². The number of nitrogens with one attached hydrogen (secondary N) is 2. The summed E-state index contributed by atoms with van der Waals surface area (Å²) in [6, 6.07) is 12.8. The molecule has 12 heteroatoms. The molecule has 0 radical (unpaired) electrons. The van der Waals surface area contributed by atoms with Gasteiger partial charge >= 0.3 is 0 Å². The molecule has 0 aliphatic carbocycles. The molecular weight excluding hydrogens is 520 g/mol. The summed E-state index contributed by atoms with van der Waals surface area (Å²) in [5.41, 5.74) is 6.74. The van der Waals surface area contributed by atoms with Crippen molar-refractivity contribution in [1.82, 2.24) is 10.9 Å². The van der Waals surface area contributed by atoms with E-state index in [0.29, 0.717) is 56.8 Å². The summed E-state index contributed by atoms with van der Waals surface area (Å²) in [6.07, 6.45) is 2.88. The van der Waals surface area contributed by atoms with Gasteiger partial charge in [0.05, 0.1) is 55.1 Å². The van der Waals surface area contributed by atoms with Gasteiger partial charge in [-0.2, -0.15) is 10.2 Å². The third-order valence-electron chi connectivity index (χ3n) is 5.54.